The molecule has 0 spiro atoms. The van der Waals surface area contributed by atoms with Crippen molar-refractivity contribution < 1.29 is 9.53 Å². The smallest absolute Gasteiger partial charge is 0.228 e. The van der Waals surface area contributed by atoms with Gasteiger partial charge in [-0.15, -0.1) is 12.3 Å². The average molecular weight is 240 g/mol. The molecular formula is C14H12N2O2. The molecule has 0 aromatic heterocycles. The van der Waals surface area contributed by atoms with Crippen LogP contribution in [0.15, 0.2) is 18.2 Å². The van der Waals surface area contributed by atoms with Crippen LogP contribution < -0.4 is 9.64 Å². The molecule has 0 aliphatic carbocycles. The molecule has 1 amide bonds. The van der Waals surface area contributed by atoms with Gasteiger partial charge in [0.1, 0.15) is 11.8 Å². The zero-order valence-electron chi connectivity index (χ0n) is 10.0. The summed E-state index contributed by atoms with van der Waals surface area (Å²) in [7, 11) is 1.53. The highest BCUT2D eigenvalue weighted by Gasteiger charge is 2.30. The van der Waals surface area contributed by atoms with Gasteiger partial charge in [0.15, 0.2) is 0 Å². The van der Waals surface area contributed by atoms with Crippen molar-refractivity contribution in [3.63, 3.8) is 0 Å². The molecule has 0 bridgehead atoms. The predicted molar refractivity (Wildman–Crippen MR) is 67.0 cm³/mol. The van der Waals surface area contributed by atoms with Gasteiger partial charge in [-0.3, -0.25) is 4.79 Å². The lowest BCUT2D eigenvalue weighted by molar-refractivity contribution is -0.117. The number of hydrogen-bond donors (Lipinski definition) is 0. The molecule has 1 heterocycles. The summed E-state index contributed by atoms with van der Waals surface area (Å²) >= 11 is 0. The Kier molecular flexibility index (Phi) is 3.21. The van der Waals surface area contributed by atoms with Crippen LogP contribution in [0.5, 0.6) is 5.75 Å². The minimum Gasteiger partial charge on any atom is -0.497 e. The first-order chi connectivity index (χ1) is 8.69. The molecule has 1 unspecified atom stereocenters. The maximum atomic E-state index is 11.9. The number of nitriles is 1. The number of hydrogen-bond acceptors (Lipinski definition) is 3. The van der Waals surface area contributed by atoms with Gasteiger partial charge in [0, 0.05) is 18.9 Å². The summed E-state index contributed by atoms with van der Waals surface area (Å²) in [5.41, 5.74) is 1.02. The van der Waals surface area contributed by atoms with Crippen LogP contribution in [0.3, 0.4) is 0 Å². The molecule has 1 aliphatic heterocycles. The number of nitrogens with zero attached hydrogens (tertiary/aromatic N) is 2. The maximum absolute atomic E-state index is 11.9. The number of ether oxygens (including phenoxy) is 1. The second-order valence-corrected chi connectivity index (χ2v) is 4.07. The van der Waals surface area contributed by atoms with E-state index in [1.165, 1.54) is 7.11 Å². The number of carbonyl (C=O) groups excluding carboxylic acids is 1. The summed E-state index contributed by atoms with van der Waals surface area (Å²) in [6.45, 7) is 0.469. The topological polar surface area (TPSA) is 53.3 Å². The van der Waals surface area contributed by atoms with Gasteiger partial charge in [-0.1, -0.05) is 0 Å². The summed E-state index contributed by atoms with van der Waals surface area (Å²) in [5.74, 6) is 3.06. The van der Waals surface area contributed by atoms with Crippen LogP contribution >= 0.6 is 0 Å². The van der Waals surface area contributed by atoms with Crippen molar-refractivity contribution in [2.24, 2.45) is 5.92 Å². The number of amides is 1. The van der Waals surface area contributed by atoms with E-state index >= 15 is 0 Å². The van der Waals surface area contributed by atoms with E-state index in [4.69, 9.17) is 16.4 Å². The number of rotatable bonds is 2. The third kappa shape index (κ3) is 2.01. The Balaban J connectivity index is 2.38. The molecule has 18 heavy (non-hydrogen) atoms. The zero-order chi connectivity index (χ0) is 13.1. The lowest BCUT2D eigenvalue weighted by Gasteiger charge is -2.17. The van der Waals surface area contributed by atoms with Crippen LogP contribution in [0.4, 0.5) is 5.69 Å². The Bertz CT molecular complexity index is 566. The van der Waals surface area contributed by atoms with Crippen molar-refractivity contribution in [3.05, 3.63) is 23.8 Å². The molecule has 1 atom stereocenters. The molecule has 1 fully saturated rings. The first-order valence-electron chi connectivity index (χ1n) is 5.54. The number of anilines is 1. The molecule has 0 saturated carbocycles. The second kappa shape index (κ2) is 4.81. The van der Waals surface area contributed by atoms with Crippen molar-refractivity contribution in [3.8, 4) is 24.2 Å². The monoisotopic (exact) mass is 240 g/mol. The van der Waals surface area contributed by atoms with Crippen molar-refractivity contribution >= 4 is 11.6 Å². The third-order valence-electron chi connectivity index (χ3n) is 2.98. The minimum atomic E-state index is -0.0776. The first kappa shape index (κ1) is 12.0. The number of benzene rings is 1. The summed E-state index contributed by atoms with van der Waals surface area (Å²) in [6, 6.07) is 7.14. The third-order valence-corrected chi connectivity index (χ3v) is 2.98. The van der Waals surface area contributed by atoms with Crippen molar-refractivity contribution in [1.29, 1.82) is 5.26 Å². The first-order valence-corrected chi connectivity index (χ1v) is 5.54. The quantitative estimate of drug-likeness (QED) is 0.737. The van der Waals surface area contributed by atoms with Crippen LogP contribution in [-0.2, 0) is 4.79 Å². The van der Waals surface area contributed by atoms with Gasteiger partial charge in [0.25, 0.3) is 0 Å². The van der Waals surface area contributed by atoms with Gasteiger partial charge >= 0.3 is 0 Å². The number of terminal acetylenes is 1. The van der Waals surface area contributed by atoms with E-state index in [2.05, 4.69) is 12.0 Å². The molecule has 0 radical (unpaired) electrons. The molecule has 1 aliphatic rings. The Morgan fingerprint density at radius 1 is 1.56 bits per heavy atom. The zero-order valence-corrected chi connectivity index (χ0v) is 10.0. The predicted octanol–water partition coefficient (Wildman–Crippen LogP) is 1.55. The van der Waals surface area contributed by atoms with Gasteiger partial charge in [0.05, 0.1) is 18.4 Å². The molecule has 2 rings (SSSR count). The van der Waals surface area contributed by atoms with E-state index in [0.717, 1.165) is 0 Å². The van der Waals surface area contributed by atoms with E-state index in [9.17, 15) is 4.79 Å². The van der Waals surface area contributed by atoms with Crippen molar-refractivity contribution in [2.75, 3.05) is 18.6 Å². The fourth-order valence-corrected chi connectivity index (χ4v) is 2.02. The molecule has 4 nitrogen and oxygen atoms in total. The highest BCUT2D eigenvalue weighted by molar-refractivity contribution is 5.97. The van der Waals surface area contributed by atoms with Gasteiger partial charge < -0.3 is 9.64 Å². The van der Waals surface area contributed by atoms with Crippen LogP contribution in [0, 0.1) is 29.6 Å². The van der Waals surface area contributed by atoms with Crippen LogP contribution in [0.2, 0.25) is 0 Å². The minimum absolute atomic E-state index is 0.0420. The average Bonchev–Trinajstić information content (AvgIpc) is 2.79. The fourth-order valence-electron chi connectivity index (χ4n) is 2.02. The van der Waals surface area contributed by atoms with Crippen LogP contribution in [0.25, 0.3) is 0 Å². The lowest BCUT2D eigenvalue weighted by atomic mass is 10.1. The van der Waals surface area contributed by atoms with Crippen molar-refractivity contribution in [1.82, 2.24) is 0 Å². The van der Waals surface area contributed by atoms with E-state index in [1.54, 1.807) is 23.1 Å². The highest BCUT2D eigenvalue weighted by atomic mass is 16.5. The number of methoxy groups -OCH3 is 1. The molecule has 4 heteroatoms. The summed E-state index contributed by atoms with van der Waals surface area (Å²) in [4.78, 5) is 13.4. The van der Waals surface area contributed by atoms with Crippen LogP contribution in [0.1, 0.15) is 12.0 Å². The highest BCUT2D eigenvalue weighted by Crippen LogP contribution is 2.30. The largest absolute Gasteiger partial charge is 0.497 e. The second-order valence-electron chi connectivity index (χ2n) is 4.07. The number of carbonyl (C=O) groups is 1. The molecule has 1 aromatic carbocycles. The SMILES string of the molecule is C#CC1CC(=O)N(c2ccc(OC)cc2C#N)C1. The van der Waals surface area contributed by atoms with Gasteiger partial charge in [-0.25, -0.2) is 0 Å². The summed E-state index contributed by atoms with van der Waals surface area (Å²) in [5, 5.41) is 9.12. The van der Waals surface area contributed by atoms with Gasteiger partial charge in [-0.2, -0.15) is 5.26 Å². The molecular weight excluding hydrogens is 228 g/mol. The van der Waals surface area contributed by atoms with E-state index in [-0.39, 0.29) is 11.8 Å². The Morgan fingerprint density at radius 3 is 2.89 bits per heavy atom. The Labute approximate surface area is 106 Å². The Morgan fingerprint density at radius 2 is 2.33 bits per heavy atom. The van der Waals surface area contributed by atoms with E-state index in [0.29, 0.717) is 30.0 Å². The van der Waals surface area contributed by atoms with Crippen molar-refractivity contribution in [2.45, 2.75) is 6.42 Å². The van der Waals surface area contributed by atoms with Gasteiger partial charge in [-0.05, 0) is 18.2 Å². The molecule has 90 valence electrons. The lowest BCUT2D eigenvalue weighted by Crippen LogP contribution is -2.25. The van der Waals surface area contributed by atoms with E-state index in [1.807, 2.05) is 0 Å². The molecule has 0 N–H and O–H groups in total. The molecule has 1 saturated heterocycles. The molecule has 1 aromatic rings. The Hall–Kier alpha value is -2.46. The van der Waals surface area contributed by atoms with E-state index < -0.39 is 0 Å². The van der Waals surface area contributed by atoms with Crippen LogP contribution in [-0.4, -0.2) is 19.6 Å². The maximum Gasteiger partial charge on any atom is 0.228 e. The standard InChI is InChI=1S/C14H12N2O2/c1-3-10-6-14(17)16(9-10)13-5-4-12(18-2)7-11(13)8-15/h1,4-5,7,10H,6,9H2,2H3. The summed E-state index contributed by atoms with van der Waals surface area (Å²) in [6.07, 6.45) is 5.68. The fraction of sp³-hybridized carbons (Fsp3) is 0.286. The normalized spacial score (nSPS) is 18.3. The summed E-state index contributed by atoms with van der Waals surface area (Å²) < 4.78 is 5.06. The van der Waals surface area contributed by atoms with Gasteiger partial charge in [0.2, 0.25) is 5.91 Å².